The second kappa shape index (κ2) is 8.06. The lowest BCUT2D eigenvalue weighted by atomic mass is 10.1. The molecule has 2 aromatic rings. The van der Waals surface area contributed by atoms with Gasteiger partial charge in [0.15, 0.2) is 6.61 Å². The number of nitro groups is 1. The van der Waals surface area contributed by atoms with Gasteiger partial charge in [0.05, 0.1) is 23.2 Å². The molecule has 0 atom stereocenters. The third-order valence-electron chi connectivity index (χ3n) is 3.50. The monoisotopic (exact) mass is 362 g/mol. The Morgan fingerprint density at radius 3 is 2.54 bits per heavy atom. The van der Waals surface area contributed by atoms with E-state index in [0.717, 1.165) is 18.2 Å². The SMILES string of the molecule is CNc1ccc([N+](=O)[O-])cc1C(=O)OCC(=O)c1cc(F)ccc1OC. The highest BCUT2D eigenvalue weighted by atomic mass is 19.1. The number of rotatable bonds is 7. The van der Waals surface area contributed by atoms with Crippen LogP contribution >= 0.6 is 0 Å². The zero-order valence-corrected chi connectivity index (χ0v) is 13.9. The van der Waals surface area contributed by atoms with E-state index in [4.69, 9.17) is 9.47 Å². The van der Waals surface area contributed by atoms with Gasteiger partial charge < -0.3 is 14.8 Å². The summed E-state index contributed by atoms with van der Waals surface area (Å²) in [6.07, 6.45) is 0. The summed E-state index contributed by atoms with van der Waals surface area (Å²) in [5.74, 6) is -2.11. The van der Waals surface area contributed by atoms with Crippen LogP contribution in [0, 0.1) is 15.9 Å². The first kappa shape index (κ1) is 18.8. The molecule has 136 valence electrons. The van der Waals surface area contributed by atoms with Gasteiger partial charge >= 0.3 is 5.97 Å². The number of non-ortho nitro benzene ring substituents is 1. The van der Waals surface area contributed by atoms with Crippen LogP contribution in [0.25, 0.3) is 0 Å². The molecule has 0 aliphatic carbocycles. The van der Waals surface area contributed by atoms with E-state index in [0.29, 0.717) is 5.69 Å². The first-order valence-electron chi connectivity index (χ1n) is 7.37. The fourth-order valence-electron chi connectivity index (χ4n) is 2.22. The number of Topliss-reactive ketones (excluding diaryl/α,β-unsaturated/α-hetero) is 1. The van der Waals surface area contributed by atoms with E-state index in [1.165, 1.54) is 32.4 Å². The Morgan fingerprint density at radius 2 is 1.92 bits per heavy atom. The molecular weight excluding hydrogens is 347 g/mol. The number of nitrogens with one attached hydrogen (secondary N) is 1. The lowest BCUT2D eigenvalue weighted by Crippen LogP contribution is -2.16. The predicted molar refractivity (Wildman–Crippen MR) is 90.2 cm³/mol. The van der Waals surface area contributed by atoms with Crippen LogP contribution < -0.4 is 10.1 Å². The molecule has 8 nitrogen and oxygen atoms in total. The lowest BCUT2D eigenvalue weighted by Gasteiger charge is -2.10. The standard InChI is InChI=1S/C17H15FN2O6/c1-19-14-5-4-11(20(23)24)8-12(14)17(22)26-9-15(21)13-7-10(18)3-6-16(13)25-2/h3-8,19H,9H2,1-2H3. The zero-order chi connectivity index (χ0) is 19.3. The van der Waals surface area contributed by atoms with Gasteiger partial charge in [0.2, 0.25) is 5.78 Å². The van der Waals surface area contributed by atoms with Crippen molar-refractivity contribution in [3.63, 3.8) is 0 Å². The van der Waals surface area contributed by atoms with Crippen LogP contribution in [-0.2, 0) is 4.74 Å². The van der Waals surface area contributed by atoms with Crippen LogP contribution in [0.4, 0.5) is 15.8 Å². The summed E-state index contributed by atoms with van der Waals surface area (Å²) in [6, 6.07) is 7.01. The number of halogens is 1. The zero-order valence-electron chi connectivity index (χ0n) is 13.9. The Bertz CT molecular complexity index is 868. The number of hydrogen-bond donors (Lipinski definition) is 1. The molecule has 0 aromatic heterocycles. The van der Waals surface area contributed by atoms with Crippen molar-refractivity contribution in [2.24, 2.45) is 0 Å². The molecule has 9 heteroatoms. The Hall–Kier alpha value is -3.49. The highest BCUT2D eigenvalue weighted by Crippen LogP contribution is 2.23. The van der Waals surface area contributed by atoms with Crippen LogP contribution in [0.2, 0.25) is 0 Å². The van der Waals surface area contributed by atoms with Gasteiger partial charge in [-0.3, -0.25) is 14.9 Å². The van der Waals surface area contributed by atoms with Crippen LogP contribution in [0.1, 0.15) is 20.7 Å². The second-order valence-electron chi connectivity index (χ2n) is 5.08. The van der Waals surface area contributed by atoms with Gasteiger partial charge in [-0.05, 0) is 24.3 Å². The summed E-state index contributed by atoms with van der Waals surface area (Å²) >= 11 is 0. The maximum absolute atomic E-state index is 13.3. The van der Waals surface area contributed by atoms with Crippen LogP contribution in [0.3, 0.4) is 0 Å². The van der Waals surface area contributed by atoms with Crippen molar-refractivity contribution < 1.29 is 28.4 Å². The Labute approximate surface area is 147 Å². The fraction of sp³-hybridized carbons (Fsp3) is 0.176. The minimum atomic E-state index is -0.929. The van der Waals surface area contributed by atoms with E-state index < -0.39 is 29.1 Å². The lowest BCUT2D eigenvalue weighted by molar-refractivity contribution is -0.384. The van der Waals surface area contributed by atoms with Gasteiger partial charge in [0.1, 0.15) is 11.6 Å². The Morgan fingerprint density at radius 1 is 1.19 bits per heavy atom. The number of hydrogen-bond acceptors (Lipinski definition) is 7. The number of nitrogens with zero attached hydrogens (tertiary/aromatic N) is 1. The number of carbonyl (C=O) groups excluding carboxylic acids is 2. The molecule has 0 unspecified atom stereocenters. The minimum absolute atomic E-state index is 0.0758. The van der Waals surface area contributed by atoms with E-state index in [1.807, 2.05) is 0 Å². The van der Waals surface area contributed by atoms with Gasteiger partial charge in [-0.25, -0.2) is 9.18 Å². The molecule has 0 heterocycles. The third-order valence-corrected chi connectivity index (χ3v) is 3.50. The molecule has 0 amide bonds. The molecule has 0 aliphatic rings. The molecule has 0 aliphatic heterocycles. The second-order valence-corrected chi connectivity index (χ2v) is 5.08. The number of ether oxygens (including phenoxy) is 2. The molecule has 26 heavy (non-hydrogen) atoms. The number of esters is 1. The van der Waals surface area contributed by atoms with Gasteiger partial charge in [-0.2, -0.15) is 0 Å². The molecular formula is C17H15FN2O6. The number of methoxy groups -OCH3 is 1. The molecule has 2 aromatic carbocycles. The predicted octanol–water partition coefficient (Wildman–Crippen LogP) is 2.82. The van der Waals surface area contributed by atoms with Gasteiger partial charge in [0, 0.05) is 24.9 Å². The summed E-state index contributed by atoms with van der Waals surface area (Å²) in [5.41, 5.74) is -0.167. The van der Waals surface area contributed by atoms with Crippen molar-refractivity contribution in [3.05, 3.63) is 63.5 Å². The Kier molecular flexibility index (Phi) is 5.84. The summed E-state index contributed by atoms with van der Waals surface area (Å²) in [6.45, 7) is -0.676. The van der Waals surface area contributed by atoms with Gasteiger partial charge in [0.25, 0.3) is 5.69 Å². The van der Waals surface area contributed by atoms with Crippen molar-refractivity contribution in [2.45, 2.75) is 0 Å². The van der Waals surface area contributed by atoms with E-state index in [-0.39, 0.29) is 22.6 Å². The van der Waals surface area contributed by atoms with Crippen molar-refractivity contribution >= 4 is 23.1 Å². The molecule has 0 saturated heterocycles. The minimum Gasteiger partial charge on any atom is -0.496 e. The highest BCUT2D eigenvalue weighted by Gasteiger charge is 2.20. The number of benzene rings is 2. The van der Waals surface area contributed by atoms with Crippen molar-refractivity contribution in [2.75, 3.05) is 26.1 Å². The van der Waals surface area contributed by atoms with Crippen LogP contribution in [0.5, 0.6) is 5.75 Å². The fourth-order valence-corrected chi connectivity index (χ4v) is 2.22. The number of ketones is 1. The van der Waals surface area contributed by atoms with Crippen LogP contribution in [-0.4, -0.2) is 37.4 Å². The Balaban J connectivity index is 2.18. The summed E-state index contributed by atoms with van der Waals surface area (Å²) in [7, 11) is 2.85. The third kappa shape index (κ3) is 4.12. The van der Waals surface area contributed by atoms with E-state index >= 15 is 0 Å². The summed E-state index contributed by atoms with van der Waals surface area (Å²) < 4.78 is 23.2. The number of anilines is 1. The van der Waals surface area contributed by atoms with Gasteiger partial charge in [-0.1, -0.05) is 0 Å². The topological polar surface area (TPSA) is 108 Å². The molecule has 0 fully saturated rings. The molecule has 1 N–H and O–H groups in total. The maximum atomic E-state index is 13.3. The van der Waals surface area contributed by atoms with Crippen LogP contribution in [0.15, 0.2) is 36.4 Å². The highest BCUT2D eigenvalue weighted by molar-refractivity contribution is 6.02. The van der Waals surface area contributed by atoms with Crippen molar-refractivity contribution in [1.29, 1.82) is 0 Å². The van der Waals surface area contributed by atoms with E-state index in [9.17, 15) is 24.1 Å². The maximum Gasteiger partial charge on any atom is 0.340 e. The van der Waals surface area contributed by atoms with Crippen molar-refractivity contribution in [3.8, 4) is 5.75 Å². The normalized spacial score (nSPS) is 10.1. The van der Waals surface area contributed by atoms with Gasteiger partial charge in [-0.15, -0.1) is 0 Å². The molecule has 0 spiro atoms. The van der Waals surface area contributed by atoms with E-state index in [1.54, 1.807) is 0 Å². The molecule has 0 saturated carbocycles. The average Bonchev–Trinajstić information content (AvgIpc) is 2.65. The summed E-state index contributed by atoms with van der Waals surface area (Å²) in [5, 5.41) is 13.6. The number of carbonyl (C=O) groups is 2. The molecule has 0 radical (unpaired) electrons. The first-order valence-corrected chi connectivity index (χ1v) is 7.37. The number of nitro benzene ring substituents is 1. The quantitative estimate of drug-likeness (QED) is 0.349. The average molecular weight is 362 g/mol. The first-order chi connectivity index (χ1) is 12.4. The molecule has 0 bridgehead atoms. The largest absolute Gasteiger partial charge is 0.496 e. The molecule has 2 rings (SSSR count). The van der Waals surface area contributed by atoms with Crippen molar-refractivity contribution in [1.82, 2.24) is 0 Å². The van der Waals surface area contributed by atoms with E-state index in [2.05, 4.69) is 5.32 Å². The summed E-state index contributed by atoms with van der Waals surface area (Å²) in [4.78, 5) is 34.6. The smallest absolute Gasteiger partial charge is 0.340 e.